The average Bonchev–Trinajstić information content (AvgIpc) is 3.07. The molecule has 1 aromatic heterocycles. The molecule has 122 valence electrons. The van der Waals surface area contributed by atoms with Gasteiger partial charge in [-0.3, -0.25) is 0 Å². The highest BCUT2D eigenvalue weighted by Crippen LogP contribution is 2.48. The number of nitrogens with zero attached hydrogens (tertiary/aromatic N) is 2. The molecule has 0 aromatic carbocycles. The van der Waals surface area contributed by atoms with E-state index in [1.807, 2.05) is 20.8 Å². The number of hydrogen-bond donors (Lipinski definition) is 0. The monoisotopic (exact) mass is 326 g/mol. The number of carbonyl (C=O) groups excluding carboxylic acids is 1. The quantitative estimate of drug-likeness (QED) is 0.790. The highest BCUT2D eigenvalue weighted by atomic mass is 35.5. The molecule has 0 saturated heterocycles. The van der Waals surface area contributed by atoms with Gasteiger partial charge in [-0.1, -0.05) is 18.5 Å². The molecule has 0 spiro atoms. The molecule has 5 nitrogen and oxygen atoms in total. The van der Waals surface area contributed by atoms with E-state index >= 15 is 0 Å². The van der Waals surface area contributed by atoms with Crippen molar-refractivity contribution >= 4 is 17.7 Å². The largest absolute Gasteiger partial charge is 0.490 e. The van der Waals surface area contributed by atoms with Crippen molar-refractivity contribution < 1.29 is 14.3 Å². The third-order valence-corrected chi connectivity index (χ3v) is 4.16. The summed E-state index contributed by atoms with van der Waals surface area (Å²) in [5.41, 5.74) is -0.826. The summed E-state index contributed by atoms with van der Waals surface area (Å²) < 4.78 is 11.2. The van der Waals surface area contributed by atoms with Gasteiger partial charge in [0.15, 0.2) is 0 Å². The molecular weight excluding hydrogens is 304 g/mol. The molecule has 1 fully saturated rings. The SMILES string of the molecule is C[C@H]1C[C@]1(COc1ccc(Cl)nc1)N(C)C(=O)OC(C)(C)C. The number of halogens is 1. The van der Waals surface area contributed by atoms with E-state index in [1.54, 1.807) is 30.3 Å². The lowest BCUT2D eigenvalue weighted by atomic mass is 10.2. The van der Waals surface area contributed by atoms with E-state index in [4.69, 9.17) is 21.1 Å². The van der Waals surface area contributed by atoms with Crippen LogP contribution in [0.3, 0.4) is 0 Å². The van der Waals surface area contributed by atoms with Crippen LogP contribution < -0.4 is 4.74 Å². The summed E-state index contributed by atoms with van der Waals surface area (Å²) in [7, 11) is 1.76. The van der Waals surface area contributed by atoms with Crippen molar-refractivity contribution in [2.75, 3.05) is 13.7 Å². The smallest absolute Gasteiger partial charge is 0.410 e. The van der Waals surface area contributed by atoms with Gasteiger partial charge in [0.05, 0.1) is 11.7 Å². The molecule has 0 unspecified atom stereocenters. The van der Waals surface area contributed by atoms with Gasteiger partial charge in [-0.25, -0.2) is 9.78 Å². The van der Waals surface area contributed by atoms with Crippen LogP contribution in [-0.4, -0.2) is 40.8 Å². The third-order valence-electron chi connectivity index (χ3n) is 3.94. The van der Waals surface area contributed by atoms with Crippen molar-refractivity contribution in [1.29, 1.82) is 0 Å². The van der Waals surface area contributed by atoms with E-state index in [0.29, 0.717) is 23.4 Å². The van der Waals surface area contributed by atoms with Crippen LogP contribution >= 0.6 is 11.6 Å². The van der Waals surface area contributed by atoms with E-state index in [0.717, 1.165) is 6.42 Å². The molecule has 1 amide bonds. The Hall–Kier alpha value is -1.49. The fraction of sp³-hybridized carbons (Fsp3) is 0.625. The van der Waals surface area contributed by atoms with Gasteiger partial charge >= 0.3 is 6.09 Å². The Labute approximate surface area is 136 Å². The maximum atomic E-state index is 12.3. The molecule has 0 N–H and O–H groups in total. The first-order valence-corrected chi connectivity index (χ1v) is 7.73. The molecule has 1 aliphatic rings. The Morgan fingerprint density at radius 2 is 2.14 bits per heavy atom. The number of carbonyl (C=O) groups is 1. The van der Waals surface area contributed by atoms with Crippen molar-refractivity contribution in [1.82, 2.24) is 9.88 Å². The minimum atomic E-state index is -0.508. The highest BCUT2D eigenvalue weighted by molar-refractivity contribution is 6.29. The van der Waals surface area contributed by atoms with Gasteiger partial charge in [-0.2, -0.15) is 0 Å². The number of likely N-dealkylation sites (N-methyl/N-ethyl adjacent to an activating group) is 1. The molecule has 1 aromatic rings. The van der Waals surface area contributed by atoms with Crippen molar-refractivity contribution in [3.05, 3.63) is 23.5 Å². The van der Waals surface area contributed by atoms with Gasteiger partial charge in [0.25, 0.3) is 0 Å². The van der Waals surface area contributed by atoms with Gasteiger partial charge in [0.2, 0.25) is 0 Å². The first kappa shape index (κ1) is 16.9. The zero-order valence-electron chi connectivity index (χ0n) is 13.7. The average molecular weight is 327 g/mol. The van der Waals surface area contributed by atoms with Gasteiger partial charge in [-0.15, -0.1) is 0 Å². The van der Waals surface area contributed by atoms with Crippen molar-refractivity contribution in [2.45, 2.75) is 45.3 Å². The number of rotatable bonds is 4. The highest BCUT2D eigenvalue weighted by Gasteiger charge is 2.57. The topological polar surface area (TPSA) is 51.7 Å². The summed E-state index contributed by atoms with van der Waals surface area (Å²) in [5.74, 6) is 1.01. The maximum absolute atomic E-state index is 12.3. The third kappa shape index (κ3) is 3.83. The molecule has 2 rings (SSSR count). The summed E-state index contributed by atoms with van der Waals surface area (Å²) in [6.45, 7) is 8.09. The predicted octanol–water partition coefficient (Wildman–Crippen LogP) is 3.76. The first-order valence-electron chi connectivity index (χ1n) is 7.35. The lowest BCUT2D eigenvalue weighted by molar-refractivity contribution is 0.0119. The Morgan fingerprint density at radius 3 is 2.59 bits per heavy atom. The van der Waals surface area contributed by atoms with Crippen LogP contribution in [0.15, 0.2) is 18.3 Å². The molecule has 1 aliphatic carbocycles. The van der Waals surface area contributed by atoms with Gasteiger partial charge in [-0.05, 0) is 45.2 Å². The van der Waals surface area contributed by atoms with Gasteiger partial charge < -0.3 is 14.4 Å². The lowest BCUT2D eigenvalue weighted by Crippen LogP contribution is -2.46. The standard InChI is InChI=1S/C16H23ClN2O3/c1-11-8-16(11,19(5)14(20)22-15(2,3)4)10-21-12-6-7-13(17)18-9-12/h6-7,9,11H,8,10H2,1-5H3/t11-,16+/m0/s1. The van der Waals surface area contributed by atoms with E-state index < -0.39 is 5.60 Å². The fourth-order valence-electron chi connectivity index (χ4n) is 2.40. The molecule has 1 saturated carbocycles. The summed E-state index contributed by atoms with van der Waals surface area (Å²) in [6, 6.07) is 3.45. The molecule has 6 heteroatoms. The maximum Gasteiger partial charge on any atom is 0.410 e. The van der Waals surface area contributed by atoms with Crippen molar-refractivity contribution in [2.24, 2.45) is 5.92 Å². The van der Waals surface area contributed by atoms with Crippen LogP contribution in [0.25, 0.3) is 0 Å². The molecule has 22 heavy (non-hydrogen) atoms. The fourth-order valence-corrected chi connectivity index (χ4v) is 2.52. The second-order valence-corrected chi connectivity index (χ2v) is 7.24. The lowest BCUT2D eigenvalue weighted by Gasteiger charge is -2.31. The second-order valence-electron chi connectivity index (χ2n) is 6.85. The summed E-state index contributed by atoms with van der Waals surface area (Å²) in [6.07, 6.45) is 2.15. The van der Waals surface area contributed by atoms with Crippen LogP contribution in [0.5, 0.6) is 5.75 Å². The number of ether oxygens (including phenoxy) is 2. The first-order chi connectivity index (χ1) is 10.1. The Kier molecular flexibility index (Phi) is 4.57. The van der Waals surface area contributed by atoms with Crippen molar-refractivity contribution in [3.63, 3.8) is 0 Å². The Morgan fingerprint density at radius 1 is 1.50 bits per heavy atom. The van der Waals surface area contributed by atoms with Gasteiger partial charge in [0, 0.05) is 7.05 Å². The van der Waals surface area contributed by atoms with Crippen LogP contribution in [0.2, 0.25) is 5.15 Å². The van der Waals surface area contributed by atoms with Crippen LogP contribution in [0.1, 0.15) is 34.1 Å². The molecule has 0 bridgehead atoms. The van der Waals surface area contributed by atoms with Crippen LogP contribution in [0.4, 0.5) is 4.79 Å². The summed E-state index contributed by atoms with van der Waals surface area (Å²) in [4.78, 5) is 17.9. The van der Waals surface area contributed by atoms with E-state index in [-0.39, 0.29) is 11.6 Å². The summed E-state index contributed by atoms with van der Waals surface area (Å²) in [5, 5.41) is 0.424. The van der Waals surface area contributed by atoms with E-state index in [1.165, 1.54) is 0 Å². The Bertz CT molecular complexity index is 541. The number of amides is 1. The van der Waals surface area contributed by atoms with Crippen molar-refractivity contribution in [3.8, 4) is 5.75 Å². The zero-order valence-corrected chi connectivity index (χ0v) is 14.5. The number of hydrogen-bond acceptors (Lipinski definition) is 4. The van der Waals surface area contributed by atoms with E-state index in [9.17, 15) is 4.79 Å². The predicted molar refractivity (Wildman–Crippen MR) is 85.3 cm³/mol. The second kappa shape index (κ2) is 5.95. The molecule has 0 radical (unpaired) electrons. The minimum absolute atomic E-state index is 0.317. The van der Waals surface area contributed by atoms with Crippen LogP contribution in [0, 0.1) is 5.92 Å². The zero-order chi connectivity index (χ0) is 16.5. The normalized spacial score (nSPS) is 23.8. The van der Waals surface area contributed by atoms with Crippen LogP contribution in [-0.2, 0) is 4.74 Å². The van der Waals surface area contributed by atoms with Gasteiger partial charge in [0.1, 0.15) is 23.1 Å². The molecular formula is C16H23ClN2O3. The Balaban J connectivity index is 2.00. The minimum Gasteiger partial charge on any atom is -0.490 e. The molecule has 1 heterocycles. The number of aromatic nitrogens is 1. The van der Waals surface area contributed by atoms with E-state index in [2.05, 4.69) is 11.9 Å². The number of pyridine rings is 1. The molecule has 0 aliphatic heterocycles. The molecule has 2 atom stereocenters. The summed E-state index contributed by atoms with van der Waals surface area (Å²) >= 11 is 5.75.